The van der Waals surface area contributed by atoms with E-state index >= 15 is 0 Å². The first kappa shape index (κ1) is 71.8. The number of ether oxygens (including phenoxy) is 9. The molecule has 0 spiro atoms. The van der Waals surface area contributed by atoms with Crippen LogP contribution in [0.4, 0.5) is 4.79 Å². The quantitative estimate of drug-likeness (QED) is 0.0214. The molecule has 9 N–H and O–H groups in total. The highest BCUT2D eigenvalue weighted by Gasteiger charge is 2.33. The Kier molecular flexibility index (Phi) is 33.2. The summed E-state index contributed by atoms with van der Waals surface area (Å²) in [6, 6.07) is 7.72. The summed E-state index contributed by atoms with van der Waals surface area (Å²) in [6.45, 7) is 4.75. The van der Waals surface area contributed by atoms with Crippen molar-refractivity contribution >= 4 is 77.4 Å². The number of alkyl carbamates (subject to hydrolysis) is 1. The van der Waals surface area contributed by atoms with Gasteiger partial charge in [-0.2, -0.15) is 0 Å². The van der Waals surface area contributed by atoms with Gasteiger partial charge in [0.15, 0.2) is 0 Å². The van der Waals surface area contributed by atoms with E-state index in [-0.39, 0.29) is 71.1 Å². The van der Waals surface area contributed by atoms with Crippen LogP contribution in [0.3, 0.4) is 0 Å². The molecule has 1 aliphatic rings. The summed E-state index contributed by atoms with van der Waals surface area (Å²) in [5.74, 6) is -9.59. The van der Waals surface area contributed by atoms with Crippen molar-refractivity contribution < 1.29 is 105 Å². The number of methoxy groups -OCH3 is 6. The number of hydrogen-bond donors (Lipinski definition) is 8. The summed E-state index contributed by atoms with van der Waals surface area (Å²) in [7, 11) is 7.15. The maximum atomic E-state index is 13.1. The van der Waals surface area contributed by atoms with Gasteiger partial charge in [-0.3, -0.25) is 47.9 Å². The Hall–Kier alpha value is -9.29. The van der Waals surface area contributed by atoms with Gasteiger partial charge in [0, 0.05) is 33.0 Å². The number of rotatable bonds is 35. The van der Waals surface area contributed by atoms with Crippen molar-refractivity contribution in [1.29, 1.82) is 0 Å². The molecule has 7 amide bonds. The molecular weight excluding hydrogens is 1120 g/mol. The van der Waals surface area contributed by atoms with E-state index in [2.05, 4.69) is 69.3 Å². The lowest BCUT2D eigenvalue weighted by atomic mass is 9.98. The molecule has 0 aliphatic heterocycles. The van der Waals surface area contributed by atoms with E-state index in [1.807, 2.05) is 48.5 Å². The summed E-state index contributed by atoms with van der Waals surface area (Å²) in [5.41, 5.74) is 9.55. The average Bonchev–Trinajstić information content (AvgIpc) is 2.77. The molecule has 0 saturated heterocycles. The van der Waals surface area contributed by atoms with Crippen molar-refractivity contribution in [2.75, 3.05) is 88.8 Å². The fourth-order valence-corrected chi connectivity index (χ4v) is 7.63. The van der Waals surface area contributed by atoms with Gasteiger partial charge in [0.25, 0.3) is 0 Å². The minimum Gasteiger partial charge on any atom is -0.469 e. The molecule has 85 heavy (non-hydrogen) atoms. The highest BCUT2D eigenvalue weighted by molar-refractivity contribution is 5.96. The van der Waals surface area contributed by atoms with Crippen molar-refractivity contribution in [1.82, 2.24) is 37.2 Å². The zero-order chi connectivity index (χ0) is 63.4. The Morgan fingerprint density at radius 1 is 0.494 bits per heavy atom. The number of carbonyl (C=O) groups is 13. The average molecular weight is 1200 g/mol. The first-order valence-corrected chi connectivity index (χ1v) is 26.0. The smallest absolute Gasteiger partial charge is 0.407 e. The number of nitrogens with one attached hydrogen (secondary N) is 7. The van der Waals surface area contributed by atoms with E-state index < -0.39 is 133 Å². The molecular formula is C55H74N8O22. The van der Waals surface area contributed by atoms with Gasteiger partial charge < -0.3 is 85.6 Å². The predicted molar refractivity (Wildman–Crippen MR) is 296 cm³/mol. The van der Waals surface area contributed by atoms with Gasteiger partial charge in [0.05, 0.1) is 73.6 Å². The number of benzene rings is 2. The van der Waals surface area contributed by atoms with E-state index in [1.165, 1.54) is 40.6 Å². The summed E-state index contributed by atoms with van der Waals surface area (Å²) < 4.78 is 43.6. The van der Waals surface area contributed by atoms with Gasteiger partial charge in [0.1, 0.15) is 50.0 Å². The third-order valence-electron chi connectivity index (χ3n) is 11.9. The molecule has 2 aromatic rings. The number of amides is 7. The van der Waals surface area contributed by atoms with E-state index in [9.17, 15) is 62.3 Å². The second kappa shape index (κ2) is 39.2. The van der Waals surface area contributed by atoms with Gasteiger partial charge in [-0.1, -0.05) is 73.8 Å². The Morgan fingerprint density at radius 3 is 1.32 bits per heavy atom. The van der Waals surface area contributed by atoms with E-state index in [0.29, 0.717) is 0 Å². The number of esters is 6. The Morgan fingerprint density at radius 2 is 0.906 bits per heavy atom. The minimum atomic E-state index is -1.48. The van der Waals surface area contributed by atoms with Crippen LogP contribution in [-0.2, 0) is 100 Å². The number of nitrogens with two attached hydrogens (primary N) is 1. The lowest BCUT2D eigenvalue weighted by Gasteiger charge is -2.22. The van der Waals surface area contributed by atoms with Crippen molar-refractivity contribution in [2.45, 2.75) is 80.7 Å². The molecule has 0 heterocycles. The molecule has 3 rings (SSSR count). The fourth-order valence-electron chi connectivity index (χ4n) is 7.63. The van der Waals surface area contributed by atoms with E-state index in [1.54, 1.807) is 0 Å². The van der Waals surface area contributed by atoms with Crippen molar-refractivity contribution in [3.05, 3.63) is 85.0 Å². The van der Waals surface area contributed by atoms with E-state index in [4.69, 9.17) is 29.4 Å². The monoisotopic (exact) mass is 1200 g/mol. The Bertz CT molecular complexity index is 2620. The predicted octanol–water partition coefficient (Wildman–Crippen LogP) is -1.84. The molecule has 466 valence electrons. The number of carbonyl (C=O) groups excluding carboxylic acids is 13. The molecule has 6 unspecified atom stereocenters. The third kappa shape index (κ3) is 25.8. The standard InChI is InChI=1S/C35H42N4O12.C20H32N4O10/c1-5-16-50-34(45)26(14-15-30(41)48-3)38-33(44)28(20-47-2)37-29(40)18-36-32(43)27(17-31(42)49-4)39-35(46)51-19-25-23-12-8-6-10-21(23)22-11-7-9-13-24(22)25;1-5-8-34-20(30)13(6-7-16(26)32-3)24-19(29)14(11-31-2)23-15(25)10-22-18(28)12(21)9-17(27)33-4/h5-13,25-28H,1,14-20H2,2-4H3,(H,36,43)(H,37,40)(H,38,44)(H,39,46);5,12-14H,1,6-11,21H2,2-4H3,(H,22,28)(H,23,25)(H,24,29). The Balaban J connectivity index is 0.000000632. The highest BCUT2D eigenvalue weighted by Crippen LogP contribution is 2.44. The summed E-state index contributed by atoms with van der Waals surface area (Å²) >= 11 is 0. The highest BCUT2D eigenvalue weighted by atomic mass is 16.6. The molecule has 0 fully saturated rings. The molecule has 0 aromatic heterocycles. The zero-order valence-electron chi connectivity index (χ0n) is 48.0. The zero-order valence-corrected chi connectivity index (χ0v) is 48.0. The molecule has 0 saturated carbocycles. The van der Waals surface area contributed by atoms with Crippen LogP contribution in [0.15, 0.2) is 73.8 Å². The van der Waals surface area contributed by atoms with Gasteiger partial charge in [-0.25, -0.2) is 14.4 Å². The van der Waals surface area contributed by atoms with Crippen LogP contribution < -0.4 is 43.0 Å². The first-order chi connectivity index (χ1) is 40.6. The second-order valence-corrected chi connectivity index (χ2v) is 18.0. The largest absolute Gasteiger partial charge is 0.469 e. The molecule has 1 aliphatic carbocycles. The van der Waals surface area contributed by atoms with Crippen molar-refractivity contribution in [3.63, 3.8) is 0 Å². The molecule has 0 radical (unpaired) electrons. The lowest BCUT2D eigenvalue weighted by Crippen LogP contribution is -2.56. The third-order valence-corrected chi connectivity index (χ3v) is 11.9. The summed E-state index contributed by atoms with van der Waals surface area (Å²) in [6.07, 6.45) is 0.0606. The van der Waals surface area contributed by atoms with Crippen LogP contribution in [0.25, 0.3) is 11.1 Å². The van der Waals surface area contributed by atoms with Crippen molar-refractivity contribution in [2.24, 2.45) is 5.73 Å². The maximum absolute atomic E-state index is 13.1. The minimum absolute atomic E-state index is 0.0483. The van der Waals surface area contributed by atoms with Crippen LogP contribution >= 0.6 is 0 Å². The Labute approximate surface area is 489 Å². The molecule has 30 heteroatoms. The van der Waals surface area contributed by atoms with Gasteiger partial charge in [0.2, 0.25) is 35.4 Å². The normalized spacial score (nSPS) is 13.0. The molecule has 6 atom stereocenters. The molecule has 0 bridgehead atoms. The van der Waals surface area contributed by atoms with Crippen LogP contribution in [0, 0.1) is 0 Å². The lowest BCUT2D eigenvalue weighted by molar-refractivity contribution is -0.149. The van der Waals surface area contributed by atoms with Crippen LogP contribution in [0.1, 0.15) is 55.6 Å². The maximum Gasteiger partial charge on any atom is 0.407 e. The summed E-state index contributed by atoms with van der Waals surface area (Å²) in [4.78, 5) is 160. The van der Waals surface area contributed by atoms with Crippen molar-refractivity contribution in [3.8, 4) is 11.1 Å². The number of hydrogen-bond acceptors (Lipinski definition) is 23. The molecule has 2 aromatic carbocycles. The molecule has 30 nitrogen and oxygen atoms in total. The van der Waals surface area contributed by atoms with Crippen LogP contribution in [0.2, 0.25) is 0 Å². The second-order valence-electron chi connectivity index (χ2n) is 18.0. The van der Waals surface area contributed by atoms with Gasteiger partial charge in [-0.15, -0.1) is 0 Å². The van der Waals surface area contributed by atoms with E-state index in [0.717, 1.165) is 36.5 Å². The first-order valence-electron chi connectivity index (χ1n) is 26.0. The fraction of sp³-hybridized carbons (Fsp3) is 0.473. The van der Waals surface area contributed by atoms with Crippen LogP contribution in [-0.4, -0.2) is 202 Å². The van der Waals surface area contributed by atoms with Gasteiger partial charge in [-0.05, 0) is 35.1 Å². The number of fused-ring (bicyclic) bond motifs is 3. The topological polar surface area (TPSA) is 415 Å². The van der Waals surface area contributed by atoms with Gasteiger partial charge >= 0.3 is 41.9 Å². The summed E-state index contributed by atoms with van der Waals surface area (Å²) in [5, 5.41) is 16.4. The SMILES string of the molecule is C=CCOC(=O)C(CCC(=O)OC)NC(=O)C(COC)NC(=O)CNC(=O)C(CC(=O)OC)NC(=O)OCC1c2ccccc2-c2ccccc21.C=CCOC(=O)C(CCC(=O)OC)NC(=O)C(COC)NC(=O)CNC(=O)C(N)CC(=O)OC. The van der Waals surface area contributed by atoms with Crippen LogP contribution in [0.5, 0.6) is 0 Å².